The molecule has 0 aliphatic heterocycles. The van der Waals surface area contributed by atoms with Crippen LogP contribution in [0, 0.1) is 19.7 Å². The molecule has 5 nitrogen and oxygen atoms in total. The van der Waals surface area contributed by atoms with Crippen LogP contribution in [0.4, 0.5) is 10.1 Å². The molecule has 2 heterocycles. The van der Waals surface area contributed by atoms with E-state index in [0.717, 1.165) is 11.4 Å². The SMILES string of the molecule is Cc1cc(C)n2c(-c3cccc(F)c3N)nnc2n1. The van der Waals surface area contributed by atoms with Gasteiger partial charge in [0.25, 0.3) is 5.78 Å². The third-order valence-corrected chi connectivity index (χ3v) is 2.99. The van der Waals surface area contributed by atoms with Crippen LogP contribution in [0.15, 0.2) is 24.3 Å². The number of benzene rings is 1. The smallest absolute Gasteiger partial charge is 0.255 e. The largest absolute Gasteiger partial charge is 0.396 e. The van der Waals surface area contributed by atoms with Crippen molar-refractivity contribution in [2.24, 2.45) is 0 Å². The van der Waals surface area contributed by atoms with E-state index in [2.05, 4.69) is 15.2 Å². The Kier molecular flexibility index (Phi) is 2.45. The Balaban J connectivity index is 2.35. The van der Waals surface area contributed by atoms with Crippen LogP contribution in [0.2, 0.25) is 0 Å². The van der Waals surface area contributed by atoms with Gasteiger partial charge in [-0.05, 0) is 32.0 Å². The first-order valence-corrected chi connectivity index (χ1v) is 5.81. The highest BCUT2D eigenvalue weighted by atomic mass is 19.1. The van der Waals surface area contributed by atoms with Gasteiger partial charge < -0.3 is 5.73 Å². The van der Waals surface area contributed by atoms with Gasteiger partial charge in [0.05, 0.1) is 5.69 Å². The first-order valence-electron chi connectivity index (χ1n) is 5.81. The number of halogens is 1. The molecule has 96 valence electrons. The second kappa shape index (κ2) is 4.01. The third-order valence-electron chi connectivity index (χ3n) is 2.99. The van der Waals surface area contributed by atoms with Crippen LogP contribution in [0.5, 0.6) is 0 Å². The molecule has 0 radical (unpaired) electrons. The third kappa shape index (κ3) is 1.72. The van der Waals surface area contributed by atoms with Gasteiger partial charge in [0.1, 0.15) is 5.82 Å². The van der Waals surface area contributed by atoms with Crippen LogP contribution < -0.4 is 5.73 Å². The maximum Gasteiger partial charge on any atom is 0.255 e. The Labute approximate surface area is 108 Å². The maximum absolute atomic E-state index is 13.5. The van der Waals surface area contributed by atoms with Crippen molar-refractivity contribution in [1.29, 1.82) is 0 Å². The zero-order chi connectivity index (χ0) is 13.6. The molecule has 1 aromatic carbocycles. The van der Waals surface area contributed by atoms with Gasteiger partial charge in [-0.1, -0.05) is 6.07 Å². The number of aromatic nitrogens is 4. The van der Waals surface area contributed by atoms with Crippen molar-refractivity contribution in [1.82, 2.24) is 19.6 Å². The predicted molar refractivity (Wildman–Crippen MR) is 70.1 cm³/mol. The second-order valence-electron chi connectivity index (χ2n) is 4.40. The molecule has 3 rings (SSSR count). The molecule has 0 aliphatic rings. The van der Waals surface area contributed by atoms with Crippen molar-refractivity contribution >= 4 is 11.5 Å². The van der Waals surface area contributed by atoms with Crippen molar-refractivity contribution in [2.75, 3.05) is 5.73 Å². The minimum absolute atomic E-state index is 0.0665. The number of para-hydroxylation sites is 1. The van der Waals surface area contributed by atoms with E-state index in [0.29, 0.717) is 17.2 Å². The number of nitrogen functional groups attached to an aromatic ring is 1. The molecule has 0 spiro atoms. The highest BCUT2D eigenvalue weighted by molar-refractivity contribution is 5.73. The van der Waals surface area contributed by atoms with Gasteiger partial charge in [-0.3, -0.25) is 4.40 Å². The first-order chi connectivity index (χ1) is 9.08. The number of hydrogen-bond donors (Lipinski definition) is 1. The number of rotatable bonds is 1. The van der Waals surface area contributed by atoms with Gasteiger partial charge in [-0.2, -0.15) is 0 Å². The summed E-state index contributed by atoms with van der Waals surface area (Å²) < 4.78 is 15.3. The Bertz CT molecular complexity index is 778. The fourth-order valence-corrected chi connectivity index (χ4v) is 2.14. The summed E-state index contributed by atoms with van der Waals surface area (Å²) in [6, 6.07) is 6.54. The van der Waals surface area contributed by atoms with Crippen LogP contribution in [0.1, 0.15) is 11.4 Å². The quantitative estimate of drug-likeness (QED) is 0.678. The molecule has 6 heteroatoms. The van der Waals surface area contributed by atoms with Crippen molar-refractivity contribution in [3.05, 3.63) is 41.5 Å². The second-order valence-corrected chi connectivity index (χ2v) is 4.40. The van der Waals surface area contributed by atoms with Gasteiger partial charge in [-0.25, -0.2) is 9.37 Å². The van der Waals surface area contributed by atoms with Crippen LogP contribution in [-0.4, -0.2) is 19.6 Å². The molecule has 3 aromatic rings. The molecule has 0 aliphatic carbocycles. The highest BCUT2D eigenvalue weighted by Crippen LogP contribution is 2.27. The zero-order valence-electron chi connectivity index (χ0n) is 10.6. The minimum Gasteiger partial charge on any atom is -0.396 e. The summed E-state index contributed by atoms with van der Waals surface area (Å²) in [5.74, 6) is 0.514. The molecule has 0 bridgehead atoms. The van der Waals surface area contributed by atoms with Crippen molar-refractivity contribution < 1.29 is 4.39 Å². The monoisotopic (exact) mass is 257 g/mol. The zero-order valence-corrected chi connectivity index (χ0v) is 10.6. The highest BCUT2D eigenvalue weighted by Gasteiger charge is 2.15. The van der Waals surface area contributed by atoms with E-state index in [-0.39, 0.29) is 5.69 Å². The van der Waals surface area contributed by atoms with E-state index in [1.165, 1.54) is 6.07 Å². The van der Waals surface area contributed by atoms with Crippen molar-refractivity contribution in [3.8, 4) is 11.4 Å². The van der Waals surface area contributed by atoms with Crippen molar-refractivity contribution in [3.63, 3.8) is 0 Å². The van der Waals surface area contributed by atoms with E-state index in [1.807, 2.05) is 19.9 Å². The summed E-state index contributed by atoms with van der Waals surface area (Å²) in [6.07, 6.45) is 0. The molecular formula is C13H12FN5. The molecule has 19 heavy (non-hydrogen) atoms. The van der Waals surface area contributed by atoms with Gasteiger partial charge >= 0.3 is 0 Å². The van der Waals surface area contributed by atoms with Crippen LogP contribution in [-0.2, 0) is 0 Å². The number of fused-ring (bicyclic) bond motifs is 1. The topological polar surface area (TPSA) is 69.1 Å². The molecule has 0 saturated heterocycles. The average molecular weight is 257 g/mol. The predicted octanol–water partition coefficient (Wildman–Crippen LogP) is 2.13. The van der Waals surface area contributed by atoms with E-state index in [4.69, 9.17) is 5.73 Å². The van der Waals surface area contributed by atoms with E-state index < -0.39 is 5.82 Å². The van der Waals surface area contributed by atoms with Crippen molar-refractivity contribution in [2.45, 2.75) is 13.8 Å². The molecule has 2 aromatic heterocycles. The summed E-state index contributed by atoms with van der Waals surface area (Å²) in [5.41, 5.74) is 8.13. The molecular weight excluding hydrogens is 245 g/mol. The molecule has 0 atom stereocenters. The molecule has 0 amide bonds. The van der Waals surface area contributed by atoms with Gasteiger partial charge in [0.15, 0.2) is 5.82 Å². The fraction of sp³-hybridized carbons (Fsp3) is 0.154. The first kappa shape index (κ1) is 11.6. The average Bonchev–Trinajstić information content (AvgIpc) is 2.76. The summed E-state index contributed by atoms with van der Waals surface area (Å²) in [6.45, 7) is 3.81. The molecule has 0 saturated carbocycles. The number of nitrogens with two attached hydrogens (primary N) is 1. The molecule has 0 unspecified atom stereocenters. The standard InChI is InChI=1S/C13H12FN5/c1-7-6-8(2)19-12(17-18-13(19)16-7)9-4-3-5-10(14)11(9)15/h3-6H,15H2,1-2H3. The number of nitrogens with zero attached hydrogens (tertiary/aromatic N) is 4. The number of aryl methyl sites for hydroxylation is 2. The summed E-state index contributed by atoms with van der Waals surface area (Å²) in [4.78, 5) is 4.29. The lowest BCUT2D eigenvalue weighted by Gasteiger charge is -2.07. The Hall–Kier alpha value is -2.50. The molecule has 2 N–H and O–H groups in total. The van der Waals surface area contributed by atoms with Gasteiger partial charge in [0.2, 0.25) is 0 Å². The van der Waals surface area contributed by atoms with Gasteiger partial charge in [-0.15, -0.1) is 10.2 Å². The maximum atomic E-state index is 13.5. The Morgan fingerprint density at radius 1 is 1.21 bits per heavy atom. The summed E-state index contributed by atoms with van der Waals surface area (Å²) in [7, 11) is 0. The number of hydrogen-bond acceptors (Lipinski definition) is 4. The molecule has 0 fully saturated rings. The summed E-state index contributed by atoms with van der Waals surface area (Å²) >= 11 is 0. The van der Waals surface area contributed by atoms with E-state index in [9.17, 15) is 4.39 Å². The lowest BCUT2D eigenvalue weighted by molar-refractivity contribution is 0.633. The van der Waals surface area contributed by atoms with Gasteiger partial charge in [0, 0.05) is 17.0 Å². The number of anilines is 1. The minimum atomic E-state index is -0.466. The fourth-order valence-electron chi connectivity index (χ4n) is 2.14. The lowest BCUT2D eigenvalue weighted by Crippen LogP contribution is -2.01. The normalized spacial score (nSPS) is 11.1. The van der Waals surface area contributed by atoms with Crippen LogP contribution in [0.25, 0.3) is 17.2 Å². The lowest BCUT2D eigenvalue weighted by atomic mass is 10.1. The summed E-state index contributed by atoms with van der Waals surface area (Å²) in [5, 5.41) is 8.08. The Morgan fingerprint density at radius 2 is 2.00 bits per heavy atom. The Morgan fingerprint density at radius 3 is 2.79 bits per heavy atom. The van der Waals surface area contributed by atoms with Crippen LogP contribution >= 0.6 is 0 Å². The van der Waals surface area contributed by atoms with Crippen LogP contribution in [0.3, 0.4) is 0 Å². The van der Waals surface area contributed by atoms with E-state index >= 15 is 0 Å². The van der Waals surface area contributed by atoms with E-state index in [1.54, 1.807) is 16.5 Å².